The van der Waals surface area contributed by atoms with E-state index in [-0.39, 0.29) is 12.5 Å². The van der Waals surface area contributed by atoms with Crippen LogP contribution in [0.5, 0.6) is 0 Å². The Morgan fingerprint density at radius 2 is 1.88 bits per heavy atom. The van der Waals surface area contributed by atoms with Crippen molar-refractivity contribution >= 4 is 28.8 Å². The molecule has 8 heteroatoms. The molecule has 0 atom stereocenters. The van der Waals surface area contributed by atoms with Gasteiger partial charge in [0.05, 0.1) is 19.3 Å². The number of methoxy groups -OCH3 is 1. The molecule has 0 unspecified atom stereocenters. The molecule has 2 aromatic rings. The molecule has 1 fully saturated rings. The summed E-state index contributed by atoms with van der Waals surface area (Å²) in [5.74, 6) is 1.95. The van der Waals surface area contributed by atoms with Crippen LogP contribution in [0.25, 0.3) is 5.57 Å². The zero-order chi connectivity index (χ0) is 22.7. The van der Waals surface area contributed by atoms with E-state index >= 15 is 0 Å². The minimum absolute atomic E-state index is 0.0161. The lowest BCUT2D eigenvalue weighted by Crippen LogP contribution is -2.50. The van der Waals surface area contributed by atoms with Crippen LogP contribution in [0.15, 0.2) is 36.2 Å². The summed E-state index contributed by atoms with van der Waals surface area (Å²) in [7, 11) is 1.74. The summed E-state index contributed by atoms with van der Waals surface area (Å²) in [6.07, 6.45) is 3.72. The summed E-state index contributed by atoms with van der Waals surface area (Å²) in [6, 6.07) is 8.25. The Bertz CT molecular complexity index is 994. The van der Waals surface area contributed by atoms with E-state index in [4.69, 9.17) is 15.5 Å². The first-order chi connectivity index (χ1) is 15.5. The van der Waals surface area contributed by atoms with Crippen LogP contribution in [0.1, 0.15) is 31.5 Å². The fourth-order valence-electron chi connectivity index (χ4n) is 4.43. The number of hydrogen-bond acceptors (Lipinski definition) is 7. The van der Waals surface area contributed by atoms with Gasteiger partial charge in [0, 0.05) is 55.7 Å². The highest BCUT2D eigenvalue weighted by Crippen LogP contribution is 2.35. The zero-order valence-electron chi connectivity index (χ0n) is 19.1. The second kappa shape index (κ2) is 9.56. The van der Waals surface area contributed by atoms with Gasteiger partial charge in [-0.25, -0.2) is 9.97 Å². The number of carbonyl (C=O) groups is 1. The van der Waals surface area contributed by atoms with Gasteiger partial charge in [0.25, 0.3) is 0 Å². The van der Waals surface area contributed by atoms with Gasteiger partial charge in [0.15, 0.2) is 0 Å². The van der Waals surface area contributed by atoms with Crippen molar-refractivity contribution in [3.05, 3.63) is 47.5 Å². The van der Waals surface area contributed by atoms with Gasteiger partial charge in [-0.3, -0.25) is 4.79 Å². The van der Waals surface area contributed by atoms with Gasteiger partial charge in [-0.1, -0.05) is 13.8 Å². The molecule has 0 bridgehead atoms. The average molecular weight is 437 g/mol. The van der Waals surface area contributed by atoms with Crippen LogP contribution in [0.2, 0.25) is 0 Å². The number of piperazine rings is 1. The van der Waals surface area contributed by atoms with E-state index in [1.54, 1.807) is 7.11 Å². The number of fused-ring (bicyclic) bond motifs is 1. The van der Waals surface area contributed by atoms with Crippen molar-refractivity contribution in [3.63, 3.8) is 0 Å². The molecule has 1 aromatic carbocycles. The van der Waals surface area contributed by atoms with Gasteiger partial charge in [-0.05, 0) is 42.2 Å². The van der Waals surface area contributed by atoms with E-state index in [0.717, 1.165) is 48.8 Å². The standard InChI is InChI=1S/C24H32N6O2/c1-16(2)22-20(32-3)9-4-17-15-26-24(28-23(17)22)27-18-5-7-19(8-6-18)29-10-12-30(13-11-29)21(31)14-25/h5-8,15-16H,4,9-14,25H2,1-3H3,(H,26,27,28). The second-order valence-corrected chi connectivity index (χ2v) is 8.51. The smallest absolute Gasteiger partial charge is 0.236 e. The van der Waals surface area contributed by atoms with Crippen LogP contribution in [0, 0.1) is 5.92 Å². The number of benzene rings is 1. The number of aryl methyl sites for hydroxylation is 1. The normalized spacial score (nSPS) is 16.3. The van der Waals surface area contributed by atoms with Gasteiger partial charge >= 0.3 is 0 Å². The topological polar surface area (TPSA) is 96.6 Å². The number of nitrogens with one attached hydrogen (secondary N) is 1. The van der Waals surface area contributed by atoms with Gasteiger partial charge in [-0.15, -0.1) is 0 Å². The minimum atomic E-state index is 0.0161. The largest absolute Gasteiger partial charge is 0.501 e. The number of rotatable bonds is 6. The predicted octanol–water partition coefficient (Wildman–Crippen LogP) is 2.79. The highest BCUT2D eigenvalue weighted by molar-refractivity contribution is 5.78. The quantitative estimate of drug-likeness (QED) is 0.719. The molecule has 1 saturated heterocycles. The van der Waals surface area contributed by atoms with Gasteiger partial charge in [-0.2, -0.15) is 0 Å². The molecule has 1 aliphatic heterocycles. The lowest BCUT2D eigenvalue weighted by molar-refractivity contribution is -0.129. The molecule has 170 valence electrons. The van der Waals surface area contributed by atoms with Crippen molar-refractivity contribution < 1.29 is 9.53 Å². The van der Waals surface area contributed by atoms with Crippen molar-refractivity contribution in [2.24, 2.45) is 11.7 Å². The number of carbonyl (C=O) groups excluding carboxylic acids is 1. The van der Waals surface area contributed by atoms with E-state index < -0.39 is 0 Å². The Hall–Kier alpha value is -3.13. The average Bonchev–Trinajstić information content (AvgIpc) is 2.83. The summed E-state index contributed by atoms with van der Waals surface area (Å²) in [5, 5.41) is 3.34. The molecule has 4 rings (SSSR count). The Labute approximate surface area is 189 Å². The highest BCUT2D eigenvalue weighted by atomic mass is 16.5. The van der Waals surface area contributed by atoms with Gasteiger partial charge < -0.3 is 25.6 Å². The second-order valence-electron chi connectivity index (χ2n) is 8.51. The molecule has 0 radical (unpaired) electrons. The van der Waals surface area contributed by atoms with Crippen LogP contribution in [-0.4, -0.2) is 60.6 Å². The molecule has 3 N–H and O–H groups in total. The molecule has 1 aromatic heterocycles. The Morgan fingerprint density at radius 1 is 1.16 bits per heavy atom. The third-order valence-corrected chi connectivity index (χ3v) is 6.16. The van der Waals surface area contributed by atoms with Gasteiger partial charge in [0.2, 0.25) is 11.9 Å². The van der Waals surface area contributed by atoms with E-state index in [2.05, 4.69) is 41.2 Å². The van der Waals surface area contributed by atoms with Crippen molar-refractivity contribution in [2.45, 2.75) is 26.7 Å². The number of ether oxygens (including phenoxy) is 1. The number of aromatic nitrogens is 2. The van der Waals surface area contributed by atoms with Crippen molar-refractivity contribution in [3.8, 4) is 0 Å². The molecule has 32 heavy (non-hydrogen) atoms. The first-order valence-electron chi connectivity index (χ1n) is 11.2. The predicted molar refractivity (Wildman–Crippen MR) is 127 cm³/mol. The first-order valence-corrected chi connectivity index (χ1v) is 11.2. The molecule has 1 aliphatic carbocycles. The SMILES string of the molecule is COC1=C(C(C)C)c2nc(Nc3ccc(N4CCN(C(=O)CN)CC4)cc3)ncc2CC1. The summed E-state index contributed by atoms with van der Waals surface area (Å²) < 4.78 is 5.64. The maximum absolute atomic E-state index is 11.8. The number of allylic oxidation sites excluding steroid dienone is 2. The minimum Gasteiger partial charge on any atom is -0.501 e. The zero-order valence-corrected chi connectivity index (χ0v) is 19.1. The molecule has 1 amide bonds. The number of anilines is 3. The van der Waals surface area contributed by atoms with Crippen LogP contribution in [0.3, 0.4) is 0 Å². The monoisotopic (exact) mass is 436 g/mol. The number of hydrogen-bond donors (Lipinski definition) is 2. The van der Waals surface area contributed by atoms with E-state index in [9.17, 15) is 4.79 Å². The highest BCUT2D eigenvalue weighted by Gasteiger charge is 2.24. The van der Waals surface area contributed by atoms with Crippen LogP contribution in [0.4, 0.5) is 17.3 Å². The third kappa shape index (κ3) is 4.55. The van der Waals surface area contributed by atoms with Crippen molar-refractivity contribution in [2.75, 3.05) is 50.1 Å². The molecule has 2 heterocycles. The lowest BCUT2D eigenvalue weighted by Gasteiger charge is -2.36. The first kappa shape index (κ1) is 22.1. The summed E-state index contributed by atoms with van der Waals surface area (Å²) in [5.41, 5.74) is 10.9. The molecule has 2 aliphatic rings. The van der Waals surface area contributed by atoms with Crippen LogP contribution in [-0.2, 0) is 16.0 Å². The lowest BCUT2D eigenvalue weighted by atomic mass is 9.88. The third-order valence-electron chi connectivity index (χ3n) is 6.16. The number of amides is 1. The molecular formula is C24H32N6O2. The van der Waals surface area contributed by atoms with Crippen molar-refractivity contribution in [1.82, 2.24) is 14.9 Å². The molecular weight excluding hydrogens is 404 g/mol. The Balaban J connectivity index is 1.45. The fraction of sp³-hybridized carbons (Fsp3) is 0.458. The Morgan fingerprint density at radius 3 is 2.50 bits per heavy atom. The molecule has 0 saturated carbocycles. The van der Waals surface area contributed by atoms with E-state index in [0.29, 0.717) is 25.0 Å². The van der Waals surface area contributed by atoms with Crippen molar-refractivity contribution in [1.29, 1.82) is 0 Å². The van der Waals surface area contributed by atoms with Gasteiger partial charge in [0.1, 0.15) is 5.76 Å². The number of nitrogens with two attached hydrogens (primary N) is 1. The van der Waals surface area contributed by atoms with Crippen LogP contribution < -0.4 is 16.0 Å². The fourth-order valence-corrected chi connectivity index (χ4v) is 4.43. The Kier molecular flexibility index (Phi) is 6.60. The maximum atomic E-state index is 11.8. The molecule has 8 nitrogen and oxygen atoms in total. The van der Waals surface area contributed by atoms with E-state index in [1.807, 2.05) is 23.2 Å². The maximum Gasteiger partial charge on any atom is 0.236 e. The molecule has 0 spiro atoms. The van der Waals surface area contributed by atoms with Crippen LogP contribution >= 0.6 is 0 Å². The number of nitrogens with zero attached hydrogens (tertiary/aromatic N) is 4. The summed E-state index contributed by atoms with van der Waals surface area (Å²) in [6.45, 7) is 7.43. The summed E-state index contributed by atoms with van der Waals surface area (Å²) >= 11 is 0. The summed E-state index contributed by atoms with van der Waals surface area (Å²) in [4.78, 5) is 25.2. The van der Waals surface area contributed by atoms with E-state index in [1.165, 1.54) is 11.1 Å².